The van der Waals surface area contributed by atoms with Gasteiger partial charge >= 0.3 is 0 Å². The van der Waals surface area contributed by atoms with Gasteiger partial charge in [0.15, 0.2) is 0 Å². The first-order valence-corrected chi connectivity index (χ1v) is 12.7. The molecule has 2 aromatic carbocycles. The first-order chi connectivity index (χ1) is 15.4. The summed E-state index contributed by atoms with van der Waals surface area (Å²) in [6.45, 7) is 4.55. The van der Waals surface area contributed by atoms with Crippen molar-refractivity contribution in [2.45, 2.75) is 56.7 Å². The van der Waals surface area contributed by atoms with Crippen molar-refractivity contribution in [3.8, 4) is 0 Å². The lowest BCUT2D eigenvalue weighted by Gasteiger charge is -2.37. The molecule has 32 heavy (non-hydrogen) atoms. The smallest absolute Gasteiger partial charge is 0.268 e. The Kier molecular flexibility index (Phi) is 5.34. The molecule has 3 aromatic rings. The second-order valence-corrected chi connectivity index (χ2v) is 10.7. The number of amides is 1. The van der Waals surface area contributed by atoms with E-state index in [9.17, 15) is 13.2 Å². The predicted molar refractivity (Wildman–Crippen MR) is 123 cm³/mol. The summed E-state index contributed by atoms with van der Waals surface area (Å²) in [6.07, 6.45) is 4.54. The van der Waals surface area contributed by atoms with Gasteiger partial charge in [0, 0.05) is 23.9 Å². The fourth-order valence-electron chi connectivity index (χ4n) is 5.09. The number of ether oxygens (including phenoxy) is 1. The number of para-hydroxylation sites is 1. The van der Waals surface area contributed by atoms with Crippen LogP contribution in [0.25, 0.3) is 10.9 Å². The Bertz CT molecular complexity index is 1260. The van der Waals surface area contributed by atoms with Crippen LogP contribution in [0, 0.1) is 12.8 Å². The van der Waals surface area contributed by atoms with E-state index in [0.717, 1.165) is 29.4 Å². The highest BCUT2D eigenvalue weighted by Gasteiger charge is 2.44. The van der Waals surface area contributed by atoms with Crippen molar-refractivity contribution in [1.29, 1.82) is 0 Å². The van der Waals surface area contributed by atoms with Crippen LogP contribution < -0.4 is 0 Å². The highest BCUT2D eigenvalue weighted by atomic mass is 32.2. The van der Waals surface area contributed by atoms with Crippen LogP contribution in [0.15, 0.2) is 59.6 Å². The third-order valence-corrected chi connectivity index (χ3v) is 8.55. The molecular weight excluding hydrogens is 424 g/mol. The third kappa shape index (κ3) is 3.44. The van der Waals surface area contributed by atoms with Gasteiger partial charge in [-0.15, -0.1) is 0 Å². The van der Waals surface area contributed by atoms with Crippen LogP contribution in [0.4, 0.5) is 0 Å². The van der Waals surface area contributed by atoms with E-state index in [4.69, 9.17) is 4.74 Å². The number of hydrogen-bond acceptors (Lipinski definition) is 4. The van der Waals surface area contributed by atoms with Crippen molar-refractivity contribution in [3.05, 3.63) is 65.9 Å². The van der Waals surface area contributed by atoms with Crippen molar-refractivity contribution in [2.75, 3.05) is 6.61 Å². The molecule has 0 N–H and O–H groups in total. The minimum absolute atomic E-state index is 0.0804. The average molecular weight is 453 g/mol. The summed E-state index contributed by atoms with van der Waals surface area (Å²) < 4.78 is 34.3. The largest absolute Gasteiger partial charge is 0.356 e. The van der Waals surface area contributed by atoms with Gasteiger partial charge in [-0.05, 0) is 49.9 Å². The number of nitrogens with zero attached hydrogens (tertiary/aromatic N) is 2. The molecule has 2 aliphatic rings. The molecule has 3 heterocycles. The molecule has 2 fully saturated rings. The van der Waals surface area contributed by atoms with Crippen LogP contribution in [0.3, 0.4) is 0 Å². The van der Waals surface area contributed by atoms with Crippen molar-refractivity contribution < 1.29 is 17.9 Å². The molecule has 3 atom stereocenters. The van der Waals surface area contributed by atoms with Crippen molar-refractivity contribution in [1.82, 2.24) is 8.87 Å². The van der Waals surface area contributed by atoms with Gasteiger partial charge in [-0.3, -0.25) is 4.79 Å². The normalized spacial score (nSPS) is 23.6. The monoisotopic (exact) mass is 452 g/mol. The fourth-order valence-corrected chi connectivity index (χ4v) is 6.48. The lowest BCUT2D eigenvalue weighted by atomic mass is 9.92. The number of rotatable bonds is 5. The van der Waals surface area contributed by atoms with Crippen LogP contribution in [0.2, 0.25) is 0 Å². The lowest BCUT2D eigenvalue weighted by Crippen LogP contribution is -2.49. The van der Waals surface area contributed by atoms with Gasteiger partial charge in [0.25, 0.3) is 10.0 Å². The molecule has 0 aliphatic carbocycles. The van der Waals surface area contributed by atoms with Crippen LogP contribution in [0.1, 0.15) is 37.3 Å². The van der Waals surface area contributed by atoms with E-state index in [2.05, 4.69) is 6.92 Å². The van der Waals surface area contributed by atoms with E-state index < -0.39 is 10.0 Å². The number of hydrogen-bond donors (Lipinski definition) is 0. The molecule has 0 spiro atoms. The maximum absolute atomic E-state index is 13.4. The van der Waals surface area contributed by atoms with Crippen LogP contribution in [-0.4, -0.2) is 42.1 Å². The number of carbonyl (C=O) groups excluding carboxylic acids is 1. The Labute approximate surface area is 188 Å². The average Bonchev–Trinajstić information content (AvgIpc) is 3.38. The number of aryl methyl sites for hydroxylation is 1. The molecule has 7 heteroatoms. The Morgan fingerprint density at radius 2 is 1.84 bits per heavy atom. The summed E-state index contributed by atoms with van der Waals surface area (Å²) in [4.78, 5) is 14.9. The lowest BCUT2D eigenvalue weighted by molar-refractivity contribution is -0.147. The van der Waals surface area contributed by atoms with E-state index in [1.165, 1.54) is 3.97 Å². The summed E-state index contributed by atoms with van der Waals surface area (Å²) >= 11 is 0. The highest BCUT2D eigenvalue weighted by Crippen LogP contribution is 2.36. The van der Waals surface area contributed by atoms with Gasteiger partial charge in [0.2, 0.25) is 5.91 Å². The Hall–Kier alpha value is -2.64. The molecule has 0 radical (unpaired) electrons. The summed E-state index contributed by atoms with van der Waals surface area (Å²) in [5, 5.41) is 0.892. The highest BCUT2D eigenvalue weighted by molar-refractivity contribution is 7.90. The Morgan fingerprint density at radius 1 is 1.09 bits per heavy atom. The molecule has 5 rings (SSSR count). The minimum Gasteiger partial charge on any atom is -0.356 e. The quantitative estimate of drug-likeness (QED) is 0.584. The Morgan fingerprint density at radius 3 is 2.59 bits per heavy atom. The van der Waals surface area contributed by atoms with E-state index in [1.807, 2.05) is 48.2 Å². The molecule has 2 saturated heterocycles. The first-order valence-electron chi connectivity index (χ1n) is 11.2. The standard InChI is InChI=1S/C25H28N2O4S/c1-3-18-10-13-24(28)27-20(16-31-25(18)27)14-19-15-26(23-7-5-4-6-22(19)23)32(29,30)21-11-8-17(2)9-12-21/h4-9,11-12,15,18,20,25H,3,10,13-14,16H2,1-2H3/t18-,20+,25+/m1/s1. The first kappa shape index (κ1) is 21.2. The number of carbonyl (C=O) groups is 1. The zero-order valence-electron chi connectivity index (χ0n) is 18.4. The second kappa shape index (κ2) is 8.05. The fraction of sp³-hybridized carbons (Fsp3) is 0.400. The number of aromatic nitrogens is 1. The van der Waals surface area contributed by atoms with E-state index in [1.54, 1.807) is 18.3 Å². The van der Waals surface area contributed by atoms with Crippen LogP contribution >= 0.6 is 0 Å². The van der Waals surface area contributed by atoms with Gasteiger partial charge in [-0.1, -0.05) is 42.8 Å². The zero-order valence-corrected chi connectivity index (χ0v) is 19.2. The third-order valence-electron chi connectivity index (χ3n) is 6.87. The maximum atomic E-state index is 13.4. The molecule has 168 valence electrons. The van der Waals surface area contributed by atoms with Gasteiger partial charge in [0.1, 0.15) is 6.23 Å². The molecule has 6 nitrogen and oxygen atoms in total. The van der Waals surface area contributed by atoms with Crippen molar-refractivity contribution >= 4 is 26.8 Å². The molecule has 0 bridgehead atoms. The van der Waals surface area contributed by atoms with Crippen molar-refractivity contribution in [3.63, 3.8) is 0 Å². The summed E-state index contributed by atoms with van der Waals surface area (Å²) in [7, 11) is -3.74. The molecular formula is C25H28N2O4S. The van der Waals surface area contributed by atoms with Gasteiger partial charge in [0.05, 0.1) is 23.1 Å². The topological polar surface area (TPSA) is 68.6 Å². The SMILES string of the molecule is CC[C@@H]1CCC(=O)N2[C@@H](Cc3cn(S(=O)(=O)c4ccc(C)cc4)c4ccccc34)CO[C@@H]12. The minimum atomic E-state index is -3.74. The van der Waals surface area contributed by atoms with E-state index in [-0.39, 0.29) is 23.1 Å². The molecule has 1 aromatic heterocycles. The molecule has 2 aliphatic heterocycles. The van der Waals surface area contributed by atoms with Gasteiger partial charge in [-0.25, -0.2) is 12.4 Å². The Balaban J connectivity index is 1.53. The second-order valence-electron chi connectivity index (χ2n) is 8.88. The molecule has 0 unspecified atom stereocenters. The predicted octanol–water partition coefficient (Wildman–Crippen LogP) is 4.10. The zero-order chi connectivity index (χ0) is 22.5. The molecule has 0 saturated carbocycles. The summed E-state index contributed by atoms with van der Waals surface area (Å²) in [5.41, 5.74) is 2.57. The van der Waals surface area contributed by atoms with E-state index in [0.29, 0.717) is 30.9 Å². The van der Waals surface area contributed by atoms with Crippen LogP contribution in [-0.2, 0) is 26.0 Å². The van der Waals surface area contributed by atoms with Gasteiger partial charge in [-0.2, -0.15) is 0 Å². The van der Waals surface area contributed by atoms with E-state index >= 15 is 0 Å². The number of benzene rings is 2. The molecule has 1 amide bonds. The van der Waals surface area contributed by atoms with Crippen molar-refractivity contribution in [2.24, 2.45) is 5.92 Å². The number of fused-ring (bicyclic) bond motifs is 2. The number of piperidine rings is 1. The maximum Gasteiger partial charge on any atom is 0.268 e. The van der Waals surface area contributed by atoms with Gasteiger partial charge < -0.3 is 9.64 Å². The van der Waals surface area contributed by atoms with Crippen LogP contribution in [0.5, 0.6) is 0 Å². The summed E-state index contributed by atoms with van der Waals surface area (Å²) in [6, 6.07) is 14.4. The summed E-state index contributed by atoms with van der Waals surface area (Å²) in [5.74, 6) is 0.499.